The molecule has 0 bridgehead atoms. The van der Waals surface area contributed by atoms with Gasteiger partial charge in [-0.05, 0) is 19.3 Å². The Morgan fingerprint density at radius 2 is 1.92 bits per heavy atom. The van der Waals surface area contributed by atoms with Gasteiger partial charge in [-0.3, -0.25) is 0 Å². The average molecular weight is 170 g/mol. The molecule has 0 unspecified atom stereocenters. The van der Waals surface area contributed by atoms with E-state index >= 15 is 0 Å². The third-order valence-electron chi connectivity index (χ3n) is 2.72. The second-order valence-electron chi connectivity index (χ2n) is 3.85. The van der Waals surface area contributed by atoms with Crippen LogP contribution in [0, 0.1) is 0 Å². The van der Waals surface area contributed by atoms with Gasteiger partial charge in [-0.2, -0.15) is 0 Å². The van der Waals surface area contributed by atoms with Gasteiger partial charge in [0.2, 0.25) is 0 Å². The van der Waals surface area contributed by atoms with Crippen LogP contribution in [0.15, 0.2) is 0 Å². The van der Waals surface area contributed by atoms with Gasteiger partial charge < -0.3 is 5.11 Å². The van der Waals surface area contributed by atoms with Crippen molar-refractivity contribution >= 4 is 0 Å². The smallest absolute Gasteiger partial charge is 0.0673 e. The molecule has 2 heteroatoms. The van der Waals surface area contributed by atoms with Gasteiger partial charge >= 0.3 is 0 Å². The van der Waals surface area contributed by atoms with Crippen LogP contribution in [0.5, 0.6) is 0 Å². The van der Waals surface area contributed by atoms with Crippen molar-refractivity contribution in [1.29, 1.82) is 0 Å². The van der Waals surface area contributed by atoms with Crippen LogP contribution in [-0.2, 0) is 0 Å². The molecular weight excluding hydrogens is 150 g/mol. The zero-order chi connectivity index (χ0) is 8.86. The quantitative estimate of drug-likeness (QED) is 0.640. The third kappa shape index (κ3) is 3.11. The first-order chi connectivity index (χ1) is 5.77. The van der Waals surface area contributed by atoms with Crippen molar-refractivity contribution in [1.82, 2.24) is 5.32 Å². The summed E-state index contributed by atoms with van der Waals surface area (Å²) in [5.41, 5.74) is -0.364. The summed E-state index contributed by atoms with van der Waals surface area (Å²) >= 11 is 0. The fourth-order valence-electron chi connectivity index (χ4n) is 1.77. The Kier molecular flexibility index (Phi) is 4.02. The molecule has 1 aliphatic rings. The summed E-state index contributed by atoms with van der Waals surface area (Å²) < 4.78 is 0. The molecule has 0 aliphatic carbocycles. The number of unbranched alkanes of at least 4 members (excludes halogenated alkanes) is 2. The molecule has 0 aromatic carbocycles. The Morgan fingerprint density at radius 1 is 1.25 bits per heavy atom. The van der Waals surface area contributed by atoms with Crippen molar-refractivity contribution in [2.45, 2.75) is 51.0 Å². The van der Waals surface area contributed by atoms with E-state index in [1.165, 1.54) is 19.3 Å². The molecule has 0 atom stereocenters. The van der Waals surface area contributed by atoms with Crippen LogP contribution < -0.4 is 5.32 Å². The maximum absolute atomic E-state index is 10.0. The topological polar surface area (TPSA) is 34.3 Å². The minimum Gasteiger partial charge on any atom is -0.390 e. The van der Waals surface area contributed by atoms with Crippen LogP contribution in [0.2, 0.25) is 0 Å². The molecule has 0 aromatic rings. The van der Waals surface area contributed by atoms with E-state index < -0.39 is 0 Å². The lowest BCUT2D eigenvalue weighted by molar-refractivity contribution is -0.000349. The summed E-state index contributed by atoms with van der Waals surface area (Å²) in [7, 11) is 0. The summed E-state index contributed by atoms with van der Waals surface area (Å²) in [6.07, 6.45) is 6.41. The summed E-state index contributed by atoms with van der Waals surface area (Å²) in [5.74, 6) is 0. The van der Waals surface area contributed by atoms with E-state index in [4.69, 9.17) is 0 Å². The minimum absolute atomic E-state index is 0.364. The summed E-state index contributed by atoms with van der Waals surface area (Å²) in [4.78, 5) is 0. The first kappa shape index (κ1) is 10.0. The van der Waals surface area contributed by atoms with Gasteiger partial charge in [-0.1, -0.05) is 26.2 Å². The average Bonchev–Trinajstić information content (AvgIpc) is 2.06. The third-order valence-corrected chi connectivity index (χ3v) is 2.72. The van der Waals surface area contributed by atoms with Crippen LogP contribution >= 0.6 is 0 Å². The molecule has 0 saturated carbocycles. The molecule has 1 heterocycles. The van der Waals surface area contributed by atoms with Crippen molar-refractivity contribution in [2.24, 2.45) is 0 Å². The molecule has 71 valence electrons. The highest BCUT2D eigenvalue weighted by atomic mass is 16.3. The minimum atomic E-state index is -0.364. The predicted molar refractivity (Wildman–Crippen MR) is 50.2 cm³/mol. The molecule has 12 heavy (non-hydrogen) atoms. The lowest BCUT2D eigenvalue weighted by atomic mass is 9.87. The zero-order valence-electron chi connectivity index (χ0n) is 8.05. The Bertz CT molecular complexity index is 119. The molecule has 1 saturated heterocycles. The number of aliphatic hydroxyl groups is 1. The van der Waals surface area contributed by atoms with E-state index in [0.717, 1.165) is 32.4 Å². The van der Waals surface area contributed by atoms with Gasteiger partial charge in [0, 0.05) is 13.1 Å². The summed E-state index contributed by atoms with van der Waals surface area (Å²) in [6.45, 7) is 3.92. The van der Waals surface area contributed by atoms with Gasteiger partial charge in [-0.25, -0.2) is 5.32 Å². The van der Waals surface area contributed by atoms with E-state index in [-0.39, 0.29) is 5.60 Å². The van der Waals surface area contributed by atoms with Crippen LogP contribution in [0.25, 0.3) is 0 Å². The van der Waals surface area contributed by atoms with Crippen LogP contribution in [0.1, 0.15) is 45.4 Å². The fraction of sp³-hybridized carbons (Fsp3) is 1.00. The van der Waals surface area contributed by atoms with Gasteiger partial charge in [0.05, 0.1) is 5.60 Å². The molecule has 1 radical (unpaired) electrons. The maximum atomic E-state index is 10.0. The first-order valence-corrected chi connectivity index (χ1v) is 5.12. The van der Waals surface area contributed by atoms with Crippen molar-refractivity contribution in [3.8, 4) is 0 Å². The fourth-order valence-corrected chi connectivity index (χ4v) is 1.77. The van der Waals surface area contributed by atoms with Gasteiger partial charge in [-0.15, -0.1) is 0 Å². The number of nitrogens with zero attached hydrogens (tertiary/aromatic N) is 1. The SMILES string of the molecule is CCCCCC1(O)CC[N]CC1. The summed E-state index contributed by atoms with van der Waals surface area (Å²) in [6, 6.07) is 0. The van der Waals surface area contributed by atoms with Crippen LogP contribution in [0.4, 0.5) is 0 Å². The van der Waals surface area contributed by atoms with Gasteiger partial charge in [0.15, 0.2) is 0 Å². The van der Waals surface area contributed by atoms with Crippen LogP contribution in [-0.4, -0.2) is 23.8 Å². The number of piperidine rings is 1. The predicted octanol–water partition coefficient (Wildman–Crippen LogP) is 1.70. The second-order valence-corrected chi connectivity index (χ2v) is 3.85. The molecule has 0 amide bonds. The molecule has 0 spiro atoms. The first-order valence-electron chi connectivity index (χ1n) is 5.12. The van der Waals surface area contributed by atoms with E-state index in [1.807, 2.05) is 0 Å². The molecular formula is C10H20NO. The number of rotatable bonds is 4. The Morgan fingerprint density at radius 3 is 2.50 bits per heavy atom. The van der Waals surface area contributed by atoms with Gasteiger partial charge in [0.25, 0.3) is 0 Å². The molecule has 1 N–H and O–H groups in total. The molecule has 0 aromatic heterocycles. The highest BCUT2D eigenvalue weighted by molar-refractivity contribution is 4.83. The van der Waals surface area contributed by atoms with E-state index in [9.17, 15) is 5.11 Å². The number of hydrogen-bond acceptors (Lipinski definition) is 1. The van der Waals surface area contributed by atoms with Gasteiger partial charge in [0.1, 0.15) is 0 Å². The molecule has 1 rings (SSSR count). The Labute approximate surface area is 75.4 Å². The highest BCUT2D eigenvalue weighted by Gasteiger charge is 2.28. The van der Waals surface area contributed by atoms with E-state index in [1.54, 1.807) is 0 Å². The summed E-state index contributed by atoms with van der Waals surface area (Å²) in [5, 5.41) is 14.3. The van der Waals surface area contributed by atoms with E-state index in [0.29, 0.717) is 0 Å². The Balaban J connectivity index is 2.17. The molecule has 2 nitrogen and oxygen atoms in total. The van der Waals surface area contributed by atoms with E-state index in [2.05, 4.69) is 12.2 Å². The van der Waals surface area contributed by atoms with Crippen molar-refractivity contribution in [2.75, 3.05) is 13.1 Å². The normalized spacial score (nSPS) is 22.5. The highest BCUT2D eigenvalue weighted by Crippen LogP contribution is 2.24. The lowest BCUT2D eigenvalue weighted by Crippen LogP contribution is -2.38. The van der Waals surface area contributed by atoms with Crippen molar-refractivity contribution < 1.29 is 5.11 Å². The second kappa shape index (κ2) is 4.83. The standard InChI is InChI=1S/C10H20NO/c1-2-3-4-5-10(12)6-8-11-9-7-10/h12H,2-9H2,1H3. The maximum Gasteiger partial charge on any atom is 0.0673 e. The molecule has 1 aliphatic heterocycles. The van der Waals surface area contributed by atoms with Crippen molar-refractivity contribution in [3.05, 3.63) is 0 Å². The van der Waals surface area contributed by atoms with Crippen molar-refractivity contribution in [3.63, 3.8) is 0 Å². The Hall–Kier alpha value is -0.0800. The molecule has 1 fully saturated rings. The number of hydrogen-bond donors (Lipinski definition) is 1. The largest absolute Gasteiger partial charge is 0.390 e. The zero-order valence-corrected chi connectivity index (χ0v) is 8.05. The lowest BCUT2D eigenvalue weighted by Gasteiger charge is -2.31. The van der Waals surface area contributed by atoms with Crippen LogP contribution in [0.3, 0.4) is 0 Å². The monoisotopic (exact) mass is 170 g/mol.